The van der Waals surface area contributed by atoms with Crippen LogP contribution >= 0.6 is 11.1 Å². The van der Waals surface area contributed by atoms with E-state index >= 15 is 0 Å². The molecular formula is C19H17Cl3SiV. The van der Waals surface area contributed by atoms with Crippen molar-refractivity contribution in [2.24, 2.45) is 0 Å². The summed E-state index contributed by atoms with van der Waals surface area (Å²) in [5.74, 6) is 0. The number of hydrogen-bond acceptors (Lipinski definition) is 0. The summed E-state index contributed by atoms with van der Waals surface area (Å²) in [4.78, 5) is 0. The van der Waals surface area contributed by atoms with E-state index in [4.69, 9.17) is 11.1 Å². The van der Waals surface area contributed by atoms with Crippen LogP contribution in [0.4, 0.5) is 0 Å². The fourth-order valence-corrected chi connectivity index (χ4v) is 7.84. The van der Waals surface area contributed by atoms with Crippen LogP contribution < -0.4 is 24.8 Å². The molecule has 2 aromatic carbocycles. The molecule has 2 aromatic rings. The minimum absolute atomic E-state index is 0. The number of benzene rings is 2. The number of fused-ring (bicyclic) bond motifs is 3. The first kappa shape index (κ1) is 21.6. The van der Waals surface area contributed by atoms with Crippen LogP contribution in [0.1, 0.15) is 23.1 Å². The van der Waals surface area contributed by atoms with Gasteiger partial charge in [-0.1, -0.05) is 78.5 Å². The Morgan fingerprint density at radius 3 is 1.88 bits per heavy atom. The standard InChI is InChI=1S/C19H17ClSi.2ClH.V/c1-21(20,14-8-2-3-9-14)19-17-12-6-4-10-15(17)16-11-5-7-13-18(16)19;;;/h2-8,10-13,19H,9H2,1H3;2*1H;/q;;;+2/p-2. The maximum absolute atomic E-state index is 7.23. The Balaban J connectivity index is 0.000000960. The molecule has 0 bridgehead atoms. The molecule has 0 aliphatic heterocycles. The van der Waals surface area contributed by atoms with E-state index < -0.39 is 7.38 Å². The summed E-state index contributed by atoms with van der Waals surface area (Å²) in [6.07, 6.45) is 7.63. The predicted octanol–water partition coefficient (Wildman–Crippen LogP) is -0.417. The molecule has 0 saturated heterocycles. The number of halogens is 3. The van der Waals surface area contributed by atoms with Gasteiger partial charge in [0.25, 0.3) is 0 Å². The van der Waals surface area contributed by atoms with E-state index in [0.29, 0.717) is 5.54 Å². The van der Waals surface area contributed by atoms with E-state index in [1.807, 2.05) is 0 Å². The number of hydrogen-bond donors (Lipinski definition) is 0. The maximum Gasteiger partial charge on any atom is 2.00 e. The smallest absolute Gasteiger partial charge is 1.00 e. The Kier molecular flexibility index (Phi) is 7.49. The van der Waals surface area contributed by atoms with E-state index in [0.717, 1.165) is 6.42 Å². The first-order valence-corrected chi connectivity index (χ1v) is 11.0. The quantitative estimate of drug-likeness (QED) is 0.449. The van der Waals surface area contributed by atoms with E-state index in [1.165, 1.54) is 27.5 Å². The molecule has 0 spiro atoms. The van der Waals surface area contributed by atoms with Crippen molar-refractivity contribution in [1.29, 1.82) is 0 Å². The molecule has 0 saturated carbocycles. The van der Waals surface area contributed by atoms with Crippen LogP contribution in [0.5, 0.6) is 0 Å². The van der Waals surface area contributed by atoms with Crippen LogP contribution in [0.2, 0.25) is 6.55 Å². The van der Waals surface area contributed by atoms with Crippen LogP contribution in [-0.2, 0) is 18.6 Å². The van der Waals surface area contributed by atoms with E-state index in [-0.39, 0.29) is 43.4 Å². The van der Waals surface area contributed by atoms with Crippen molar-refractivity contribution in [2.45, 2.75) is 18.5 Å². The van der Waals surface area contributed by atoms with Gasteiger partial charge in [0.15, 0.2) is 7.38 Å². The van der Waals surface area contributed by atoms with E-state index in [9.17, 15) is 0 Å². The Labute approximate surface area is 173 Å². The van der Waals surface area contributed by atoms with Crippen LogP contribution in [0, 0.1) is 0 Å². The second-order valence-electron chi connectivity index (χ2n) is 6.01. The molecule has 0 fully saturated rings. The molecule has 4 rings (SSSR count). The number of rotatable bonds is 2. The average Bonchev–Trinajstić information content (AvgIpc) is 3.14. The molecule has 0 nitrogen and oxygen atoms in total. The zero-order valence-electron chi connectivity index (χ0n) is 13.2. The molecule has 5 heteroatoms. The van der Waals surface area contributed by atoms with Crippen LogP contribution in [-0.4, -0.2) is 7.38 Å². The summed E-state index contributed by atoms with van der Waals surface area (Å²) < 4.78 is 0. The van der Waals surface area contributed by atoms with Gasteiger partial charge in [-0.25, -0.2) is 0 Å². The Morgan fingerprint density at radius 1 is 0.917 bits per heavy atom. The monoisotopic (exact) mass is 429 g/mol. The van der Waals surface area contributed by atoms with Crippen molar-refractivity contribution < 1.29 is 43.4 Å². The molecule has 24 heavy (non-hydrogen) atoms. The van der Waals surface area contributed by atoms with Gasteiger partial charge in [0.1, 0.15) is 0 Å². The van der Waals surface area contributed by atoms with Gasteiger partial charge in [-0.05, 0) is 28.7 Å². The summed E-state index contributed by atoms with van der Waals surface area (Å²) >= 11 is 7.23. The summed E-state index contributed by atoms with van der Waals surface area (Å²) in [6.45, 7) is 2.30. The van der Waals surface area contributed by atoms with Gasteiger partial charge in [-0.15, -0.1) is 0 Å². The van der Waals surface area contributed by atoms with Crippen molar-refractivity contribution in [2.75, 3.05) is 0 Å². The largest absolute Gasteiger partial charge is 2.00 e. The third kappa shape index (κ3) is 3.31. The van der Waals surface area contributed by atoms with Gasteiger partial charge < -0.3 is 24.8 Å². The van der Waals surface area contributed by atoms with E-state index in [1.54, 1.807) is 0 Å². The molecule has 2 aliphatic rings. The fourth-order valence-electron chi connectivity index (χ4n) is 3.73. The minimum atomic E-state index is -2.07. The second-order valence-corrected chi connectivity index (χ2v) is 11.7. The Bertz CT molecular complexity index is 738. The normalized spacial score (nSPS) is 16.7. The van der Waals surface area contributed by atoms with Crippen molar-refractivity contribution >= 4 is 18.5 Å². The molecule has 1 unspecified atom stereocenters. The first-order chi connectivity index (χ1) is 10.2. The van der Waals surface area contributed by atoms with Crippen LogP contribution in [0.3, 0.4) is 0 Å². The predicted molar refractivity (Wildman–Crippen MR) is 93.0 cm³/mol. The Hall–Kier alpha value is -0.409. The van der Waals surface area contributed by atoms with Crippen molar-refractivity contribution in [3.8, 4) is 11.1 Å². The summed E-state index contributed by atoms with van der Waals surface area (Å²) in [7, 11) is -2.07. The summed E-state index contributed by atoms with van der Waals surface area (Å²) in [5, 5.41) is 1.45. The topological polar surface area (TPSA) is 0 Å². The SMILES string of the molecule is C[Si](Cl)(C1=CC=CC1)C1c2ccccc2-c2ccccc21.[Cl-].[Cl-].[V+2]. The molecule has 2 aliphatic carbocycles. The van der Waals surface area contributed by atoms with E-state index in [2.05, 4.69) is 73.3 Å². The zero-order chi connectivity index (χ0) is 14.4. The van der Waals surface area contributed by atoms with Gasteiger partial charge in [0.2, 0.25) is 0 Å². The van der Waals surface area contributed by atoms with Gasteiger partial charge in [-0.2, -0.15) is 11.1 Å². The zero-order valence-corrected chi connectivity index (χ0v) is 17.9. The van der Waals surface area contributed by atoms with Crippen molar-refractivity contribution in [1.82, 2.24) is 0 Å². The van der Waals surface area contributed by atoms with Crippen molar-refractivity contribution in [3.05, 3.63) is 83.1 Å². The second kappa shape index (κ2) is 8.31. The van der Waals surface area contributed by atoms with Crippen molar-refractivity contribution in [3.63, 3.8) is 0 Å². The molecule has 0 heterocycles. The first-order valence-electron chi connectivity index (χ1n) is 7.43. The third-order valence-corrected chi connectivity index (χ3v) is 9.49. The fraction of sp³-hybridized carbons (Fsp3) is 0.158. The Morgan fingerprint density at radius 2 is 1.42 bits per heavy atom. The third-order valence-electron chi connectivity index (χ3n) is 4.78. The van der Waals surface area contributed by atoms with Gasteiger partial charge in [0.05, 0.1) is 0 Å². The molecule has 1 radical (unpaired) electrons. The van der Waals surface area contributed by atoms with Gasteiger partial charge >= 0.3 is 18.6 Å². The van der Waals surface area contributed by atoms with Crippen LogP contribution in [0.15, 0.2) is 72.0 Å². The summed E-state index contributed by atoms with van der Waals surface area (Å²) in [6, 6.07) is 17.5. The minimum Gasteiger partial charge on any atom is -1.00 e. The molecule has 0 aromatic heterocycles. The average molecular weight is 431 g/mol. The molecular weight excluding hydrogens is 414 g/mol. The molecule has 123 valence electrons. The molecule has 0 amide bonds. The number of allylic oxidation sites excluding steroid dienone is 4. The van der Waals surface area contributed by atoms with Gasteiger partial charge in [-0.3, -0.25) is 0 Å². The summed E-state index contributed by atoms with van der Waals surface area (Å²) in [5.41, 5.74) is 5.91. The van der Waals surface area contributed by atoms with Gasteiger partial charge in [0, 0.05) is 5.54 Å². The maximum atomic E-state index is 7.23. The molecule has 1 atom stereocenters. The van der Waals surface area contributed by atoms with Crippen LogP contribution in [0.25, 0.3) is 11.1 Å². The molecule has 0 N–H and O–H groups in total.